The fraction of sp³-hybridized carbons (Fsp3) is 0.267. The van der Waals surface area contributed by atoms with Gasteiger partial charge >= 0.3 is 0 Å². The summed E-state index contributed by atoms with van der Waals surface area (Å²) in [6.45, 7) is 1.69. The second-order valence-electron chi connectivity index (χ2n) is 4.61. The molecular formula is C15H16N2O. The molecule has 18 heavy (non-hydrogen) atoms. The smallest absolute Gasteiger partial charge is 0.121 e. The minimum absolute atomic E-state index is 0.588. The third-order valence-corrected chi connectivity index (χ3v) is 3.34. The molecule has 0 N–H and O–H groups in total. The van der Waals surface area contributed by atoms with E-state index in [9.17, 15) is 0 Å². The molecule has 0 unspecified atom stereocenters. The Hall–Kier alpha value is -2.03. The predicted molar refractivity (Wildman–Crippen MR) is 72.0 cm³/mol. The van der Waals surface area contributed by atoms with E-state index in [1.54, 1.807) is 12.4 Å². The third kappa shape index (κ3) is 2.16. The number of hydrogen-bond donors (Lipinski definition) is 0. The van der Waals surface area contributed by atoms with Crippen LogP contribution in [0.15, 0.2) is 42.7 Å². The zero-order valence-electron chi connectivity index (χ0n) is 10.5. The molecule has 0 saturated carbocycles. The standard InChI is InChI=1S/C15H16N2O/c1-17-9-6-13-2-3-14(10-15(13)17)18-11-12-4-7-16-8-5-12/h2-5,7-8,10H,6,9,11H2,1H3. The maximum atomic E-state index is 5.81. The van der Waals surface area contributed by atoms with E-state index in [1.807, 2.05) is 12.1 Å². The van der Waals surface area contributed by atoms with Gasteiger partial charge in [-0.15, -0.1) is 0 Å². The van der Waals surface area contributed by atoms with Crippen LogP contribution in [-0.2, 0) is 13.0 Å². The molecule has 0 radical (unpaired) electrons. The summed E-state index contributed by atoms with van der Waals surface area (Å²) < 4.78 is 5.81. The third-order valence-electron chi connectivity index (χ3n) is 3.34. The molecule has 3 rings (SSSR count). The lowest BCUT2D eigenvalue weighted by Crippen LogP contribution is -2.12. The molecular weight excluding hydrogens is 224 g/mol. The van der Waals surface area contributed by atoms with Gasteiger partial charge in [0.1, 0.15) is 12.4 Å². The van der Waals surface area contributed by atoms with Crippen molar-refractivity contribution in [1.29, 1.82) is 0 Å². The first kappa shape index (κ1) is 11.1. The number of benzene rings is 1. The lowest BCUT2D eigenvalue weighted by Gasteiger charge is -2.13. The van der Waals surface area contributed by atoms with Gasteiger partial charge in [-0.1, -0.05) is 6.07 Å². The molecule has 0 spiro atoms. The van der Waals surface area contributed by atoms with Crippen LogP contribution in [0.3, 0.4) is 0 Å². The van der Waals surface area contributed by atoms with Gasteiger partial charge in [-0.2, -0.15) is 0 Å². The normalized spacial score (nSPS) is 13.5. The number of likely N-dealkylation sites (N-methyl/N-ethyl adjacent to an activating group) is 1. The van der Waals surface area contributed by atoms with E-state index in [-0.39, 0.29) is 0 Å². The lowest BCUT2D eigenvalue weighted by atomic mass is 10.1. The molecule has 92 valence electrons. The zero-order chi connectivity index (χ0) is 12.4. The van der Waals surface area contributed by atoms with Crippen LogP contribution >= 0.6 is 0 Å². The molecule has 1 aromatic carbocycles. The molecule has 0 atom stereocenters. The molecule has 0 bridgehead atoms. The van der Waals surface area contributed by atoms with Crippen molar-refractivity contribution in [3.05, 3.63) is 53.9 Å². The van der Waals surface area contributed by atoms with Crippen molar-refractivity contribution in [1.82, 2.24) is 4.98 Å². The van der Waals surface area contributed by atoms with E-state index < -0.39 is 0 Å². The van der Waals surface area contributed by atoms with E-state index in [2.05, 4.69) is 35.1 Å². The Labute approximate surface area is 107 Å². The Bertz CT molecular complexity index is 539. The first-order valence-corrected chi connectivity index (χ1v) is 6.19. The van der Waals surface area contributed by atoms with Crippen LogP contribution in [0.25, 0.3) is 0 Å². The van der Waals surface area contributed by atoms with Crippen molar-refractivity contribution in [3.8, 4) is 5.75 Å². The molecule has 0 saturated heterocycles. The van der Waals surface area contributed by atoms with Crippen molar-refractivity contribution < 1.29 is 4.74 Å². The summed E-state index contributed by atoms with van der Waals surface area (Å²) in [7, 11) is 2.12. The van der Waals surface area contributed by atoms with Gasteiger partial charge in [-0.3, -0.25) is 4.98 Å². The zero-order valence-corrected chi connectivity index (χ0v) is 10.5. The van der Waals surface area contributed by atoms with Crippen LogP contribution < -0.4 is 9.64 Å². The SMILES string of the molecule is CN1CCc2ccc(OCc3ccncc3)cc21. The fourth-order valence-electron chi connectivity index (χ4n) is 2.25. The lowest BCUT2D eigenvalue weighted by molar-refractivity contribution is 0.306. The van der Waals surface area contributed by atoms with E-state index in [0.717, 1.165) is 24.3 Å². The number of ether oxygens (including phenoxy) is 1. The first-order valence-electron chi connectivity index (χ1n) is 6.19. The molecule has 2 heterocycles. The molecule has 3 nitrogen and oxygen atoms in total. The van der Waals surface area contributed by atoms with E-state index in [0.29, 0.717) is 6.61 Å². The highest BCUT2D eigenvalue weighted by molar-refractivity contribution is 5.60. The highest BCUT2D eigenvalue weighted by Crippen LogP contribution is 2.30. The largest absolute Gasteiger partial charge is 0.489 e. The summed E-state index contributed by atoms with van der Waals surface area (Å²) in [5, 5.41) is 0. The number of anilines is 1. The number of aromatic nitrogens is 1. The van der Waals surface area contributed by atoms with Crippen LogP contribution in [0.2, 0.25) is 0 Å². The van der Waals surface area contributed by atoms with Gasteiger partial charge in [-0.25, -0.2) is 0 Å². The van der Waals surface area contributed by atoms with Gasteiger partial charge < -0.3 is 9.64 Å². The average molecular weight is 240 g/mol. The highest BCUT2D eigenvalue weighted by atomic mass is 16.5. The molecule has 1 aromatic heterocycles. The number of fused-ring (bicyclic) bond motifs is 1. The van der Waals surface area contributed by atoms with Crippen molar-refractivity contribution in [2.75, 3.05) is 18.5 Å². The molecule has 2 aromatic rings. The summed E-state index contributed by atoms with van der Waals surface area (Å²) in [5.74, 6) is 0.930. The fourth-order valence-corrected chi connectivity index (χ4v) is 2.25. The maximum Gasteiger partial charge on any atom is 0.121 e. The average Bonchev–Trinajstić information content (AvgIpc) is 2.79. The van der Waals surface area contributed by atoms with Gasteiger partial charge in [0, 0.05) is 37.7 Å². The summed E-state index contributed by atoms with van der Waals surface area (Å²) in [6.07, 6.45) is 4.71. The van der Waals surface area contributed by atoms with Crippen LogP contribution in [0.4, 0.5) is 5.69 Å². The maximum absolute atomic E-state index is 5.81. The van der Waals surface area contributed by atoms with E-state index in [4.69, 9.17) is 4.74 Å². The summed E-state index contributed by atoms with van der Waals surface area (Å²) in [4.78, 5) is 6.27. The topological polar surface area (TPSA) is 25.4 Å². The Kier molecular flexibility index (Phi) is 2.89. The quantitative estimate of drug-likeness (QED) is 0.824. The minimum Gasteiger partial charge on any atom is -0.489 e. The Balaban J connectivity index is 1.72. The van der Waals surface area contributed by atoms with Crippen LogP contribution in [0.1, 0.15) is 11.1 Å². The molecule has 0 amide bonds. The molecule has 0 aliphatic carbocycles. The van der Waals surface area contributed by atoms with Gasteiger partial charge in [-0.05, 0) is 35.7 Å². The molecule has 1 aliphatic heterocycles. The first-order chi connectivity index (χ1) is 8.83. The Morgan fingerprint density at radius 1 is 1.22 bits per heavy atom. The summed E-state index contributed by atoms with van der Waals surface area (Å²) in [6, 6.07) is 10.3. The summed E-state index contributed by atoms with van der Waals surface area (Å²) in [5.41, 5.74) is 3.84. The van der Waals surface area contributed by atoms with Gasteiger partial charge in [0.05, 0.1) is 0 Å². The van der Waals surface area contributed by atoms with Gasteiger partial charge in [0.15, 0.2) is 0 Å². The number of hydrogen-bond acceptors (Lipinski definition) is 3. The number of nitrogens with zero attached hydrogens (tertiary/aromatic N) is 2. The number of rotatable bonds is 3. The van der Waals surface area contributed by atoms with Crippen LogP contribution in [0, 0.1) is 0 Å². The van der Waals surface area contributed by atoms with E-state index in [1.165, 1.54) is 11.3 Å². The van der Waals surface area contributed by atoms with E-state index >= 15 is 0 Å². The monoisotopic (exact) mass is 240 g/mol. The Morgan fingerprint density at radius 2 is 2.06 bits per heavy atom. The van der Waals surface area contributed by atoms with Crippen molar-refractivity contribution in [2.45, 2.75) is 13.0 Å². The van der Waals surface area contributed by atoms with Gasteiger partial charge in [0.2, 0.25) is 0 Å². The molecule has 3 heteroatoms. The van der Waals surface area contributed by atoms with Crippen LogP contribution in [-0.4, -0.2) is 18.6 Å². The van der Waals surface area contributed by atoms with Crippen LogP contribution in [0.5, 0.6) is 5.75 Å². The summed E-state index contributed by atoms with van der Waals surface area (Å²) >= 11 is 0. The Morgan fingerprint density at radius 3 is 2.89 bits per heavy atom. The van der Waals surface area contributed by atoms with Crippen molar-refractivity contribution in [3.63, 3.8) is 0 Å². The predicted octanol–water partition coefficient (Wildman–Crippen LogP) is 2.65. The molecule has 0 fully saturated rings. The minimum atomic E-state index is 0.588. The number of pyridine rings is 1. The van der Waals surface area contributed by atoms with Gasteiger partial charge in [0.25, 0.3) is 0 Å². The van der Waals surface area contributed by atoms with Crippen molar-refractivity contribution >= 4 is 5.69 Å². The highest BCUT2D eigenvalue weighted by Gasteiger charge is 2.15. The molecule has 1 aliphatic rings. The second kappa shape index (κ2) is 4.69. The second-order valence-corrected chi connectivity index (χ2v) is 4.61. The van der Waals surface area contributed by atoms with Crippen molar-refractivity contribution in [2.24, 2.45) is 0 Å².